The number of hydrogen-bond acceptors (Lipinski definition) is 3. The van der Waals surface area contributed by atoms with Crippen LogP contribution in [0.1, 0.15) is 49.1 Å². The number of benzene rings is 1. The van der Waals surface area contributed by atoms with Crippen LogP contribution in [0.15, 0.2) is 54.9 Å². The topological polar surface area (TPSA) is 53.5 Å². The zero-order chi connectivity index (χ0) is 20.8. The Balaban J connectivity index is 1.26. The summed E-state index contributed by atoms with van der Waals surface area (Å²) in [5.41, 5.74) is 2.62. The summed E-state index contributed by atoms with van der Waals surface area (Å²) in [6.07, 6.45) is 8.78. The van der Waals surface area contributed by atoms with Gasteiger partial charge in [0.25, 0.3) is 0 Å². The first-order valence-electron chi connectivity index (χ1n) is 11.2. The van der Waals surface area contributed by atoms with Crippen molar-refractivity contribution < 1.29 is 9.59 Å². The molecule has 0 unspecified atom stereocenters. The van der Waals surface area contributed by atoms with Gasteiger partial charge in [-0.05, 0) is 61.3 Å². The number of pyridine rings is 1. The third kappa shape index (κ3) is 5.07. The molecule has 5 heteroatoms. The Kier molecular flexibility index (Phi) is 6.77. The lowest BCUT2D eigenvalue weighted by atomic mass is 9.88. The Morgan fingerprint density at radius 2 is 1.73 bits per heavy atom. The van der Waals surface area contributed by atoms with Gasteiger partial charge in [-0.2, -0.15) is 0 Å². The molecular formula is C25H31N3O2. The highest BCUT2D eigenvalue weighted by Gasteiger charge is 2.34. The fraction of sp³-hybridized carbons (Fsp3) is 0.480. The van der Waals surface area contributed by atoms with Gasteiger partial charge in [0, 0.05) is 45.0 Å². The molecule has 30 heavy (non-hydrogen) atoms. The minimum atomic E-state index is -0.0445. The molecule has 0 saturated carbocycles. The summed E-state index contributed by atoms with van der Waals surface area (Å²) >= 11 is 0. The van der Waals surface area contributed by atoms with Crippen LogP contribution in [-0.2, 0) is 16.0 Å². The molecule has 2 amide bonds. The van der Waals surface area contributed by atoms with E-state index in [1.54, 1.807) is 0 Å². The van der Waals surface area contributed by atoms with Crippen LogP contribution in [0.25, 0.3) is 0 Å². The summed E-state index contributed by atoms with van der Waals surface area (Å²) < 4.78 is 0. The molecular weight excluding hydrogens is 374 g/mol. The number of carbonyl (C=O) groups excluding carboxylic acids is 2. The third-order valence-corrected chi connectivity index (χ3v) is 6.57. The first-order valence-corrected chi connectivity index (χ1v) is 11.2. The van der Waals surface area contributed by atoms with Crippen LogP contribution in [0.2, 0.25) is 0 Å². The normalized spacial score (nSPS) is 20.4. The van der Waals surface area contributed by atoms with Gasteiger partial charge in [-0.1, -0.05) is 30.3 Å². The predicted molar refractivity (Wildman–Crippen MR) is 117 cm³/mol. The molecule has 4 rings (SSSR count). The van der Waals surface area contributed by atoms with E-state index in [-0.39, 0.29) is 17.7 Å². The average Bonchev–Trinajstić information content (AvgIpc) is 2.81. The number of likely N-dealkylation sites (tertiary alicyclic amines) is 2. The highest BCUT2D eigenvalue weighted by molar-refractivity contribution is 5.84. The molecule has 158 valence electrons. The van der Waals surface area contributed by atoms with E-state index >= 15 is 0 Å². The molecule has 0 spiro atoms. The van der Waals surface area contributed by atoms with E-state index in [4.69, 9.17) is 0 Å². The summed E-state index contributed by atoms with van der Waals surface area (Å²) in [6, 6.07) is 14.5. The Bertz CT molecular complexity index is 832. The number of aromatic nitrogens is 1. The molecule has 0 N–H and O–H groups in total. The van der Waals surface area contributed by atoms with Gasteiger partial charge in [0.05, 0.1) is 5.92 Å². The lowest BCUT2D eigenvalue weighted by Crippen LogP contribution is -2.49. The van der Waals surface area contributed by atoms with E-state index < -0.39 is 0 Å². The molecule has 3 heterocycles. The molecule has 0 radical (unpaired) electrons. The Hall–Kier alpha value is -2.69. The van der Waals surface area contributed by atoms with Crippen LogP contribution in [0.5, 0.6) is 0 Å². The highest BCUT2D eigenvalue weighted by Crippen LogP contribution is 2.29. The van der Waals surface area contributed by atoms with Crippen molar-refractivity contribution in [1.82, 2.24) is 14.8 Å². The predicted octanol–water partition coefficient (Wildman–Crippen LogP) is 3.66. The maximum Gasteiger partial charge on any atom is 0.227 e. The van der Waals surface area contributed by atoms with Crippen molar-refractivity contribution in [2.45, 2.75) is 44.4 Å². The lowest BCUT2D eigenvalue weighted by molar-refractivity contribution is -0.143. The van der Waals surface area contributed by atoms with Gasteiger partial charge in [-0.3, -0.25) is 14.6 Å². The van der Waals surface area contributed by atoms with Crippen LogP contribution < -0.4 is 0 Å². The molecule has 2 saturated heterocycles. The van der Waals surface area contributed by atoms with Crippen LogP contribution in [0.3, 0.4) is 0 Å². The van der Waals surface area contributed by atoms with Crippen LogP contribution in [-0.4, -0.2) is 52.8 Å². The molecule has 0 bridgehead atoms. The second-order valence-electron chi connectivity index (χ2n) is 8.54. The van der Waals surface area contributed by atoms with Gasteiger partial charge < -0.3 is 9.80 Å². The SMILES string of the molecule is O=C1CC[C@@H](C(=O)N2CCC(c3ccncc3)CC2)CN1CCCc1ccccc1. The lowest BCUT2D eigenvalue weighted by Gasteiger charge is -2.38. The Labute approximate surface area is 179 Å². The average molecular weight is 406 g/mol. The van der Waals surface area contributed by atoms with Crippen molar-refractivity contribution in [3.63, 3.8) is 0 Å². The molecule has 5 nitrogen and oxygen atoms in total. The number of hydrogen-bond donors (Lipinski definition) is 0. The fourth-order valence-electron chi connectivity index (χ4n) is 4.78. The zero-order valence-electron chi connectivity index (χ0n) is 17.6. The minimum absolute atomic E-state index is 0.0445. The molecule has 2 aliphatic rings. The van der Waals surface area contributed by atoms with Gasteiger partial charge in [0.15, 0.2) is 0 Å². The van der Waals surface area contributed by atoms with Crippen molar-refractivity contribution in [2.75, 3.05) is 26.2 Å². The second kappa shape index (κ2) is 9.88. The van der Waals surface area contributed by atoms with E-state index in [9.17, 15) is 9.59 Å². The van der Waals surface area contributed by atoms with Crippen molar-refractivity contribution in [3.05, 3.63) is 66.0 Å². The van der Waals surface area contributed by atoms with E-state index in [1.807, 2.05) is 40.4 Å². The Morgan fingerprint density at radius 1 is 1.00 bits per heavy atom. The van der Waals surface area contributed by atoms with Crippen molar-refractivity contribution in [1.29, 1.82) is 0 Å². The molecule has 1 aromatic heterocycles. The highest BCUT2D eigenvalue weighted by atomic mass is 16.2. The number of aryl methyl sites for hydroxylation is 1. The second-order valence-corrected chi connectivity index (χ2v) is 8.54. The van der Waals surface area contributed by atoms with Gasteiger partial charge in [-0.25, -0.2) is 0 Å². The maximum atomic E-state index is 13.1. The monoisotopic (exact) mass is 405 g/mol. The van der Waals surface area contributed by atoms with Crippen molar-refractivity contribution in [3.8, 4) is 0 Å². The van der Waals surface area contributed by atoms with Gasteiger partial charge >= 0.3 is 0 Å². The minimum Gasteiger partial charge on any atom is -0.342 e. The molecule has 1 atom stereocenters. The number of amides is 2. The molecule has 2 aliphatic heterocycles. The third-order valence-electron chi connectivity index (χ3n) is 6.57. The molecule has 0 aliphatic carbocycles. The van der Waals surface area contributed by atoms with Crippen molar-refractivity contribution in [2.24, 2.45) is 5.92 Å². The largest absolute Gasteiger partial charge is 0.342 e. The summed E-state index contributed by atoms with van der Waals surface area (Å²) in [6.45, 7) is 2.94. The van der Waals surface area contributed by atoms with E-state index in [1.165, 1.54) is 11.1 Å². The number of rotatable bonds is 6. The number of carbonyl (C=O) groups is 2. The van der Waals surface area contributed by atoms with E-state index in [2.05, 4.69) is 29.2 Å². The van der Waals surface area contributed by atoms with Gasteiger partial charge in [0.1, 0.15) is 0 Å². The maximum absolute atomic E-state index is 13.1. The number of piperidine rings is 2. The zero-order valence-corrected chi connectivity index (χ0v) is 17.6. The van der Waals surface area contributed by atoms with Crippen molar-refractivity contribution >= 4 is 11.8 Å². The first kappa shape index (κ1) is 20.6. The summed E-state index contributed by atoms with van der Waals surface area (Å²) in [5.74, 6) is 0.906. The molecule has 2 fully saturated rings. The summed E-state index contributed by atoms with van der Waals surface area (Å²) in [4.78, 5) is 33.5. The van der Waals surface area contributed by atoms with Crippen LogP contribution in [0.4, 0.5) is 0 Å². The van der Waals surface area contributed by atoms with E-state index in [0.717, 1.165) is 45.3 Å². The standard InChI is InChI=1S/C25H31N3O2/c29-24-9-8-23(19-28(24)16-4-7-20-5-2-1-3-6-20)25(30)27-17-12-22(13-18-27)21-10-14-26-15-11-21/h1-3,5-6,10-11,14-15,22-23H,4,7-9,12-13,16-19H2/t23-/m1/s1. The van der Waals surface area contributed by atoms with E-state index in [0.29, 0.717) is 25.3 Å². The quantitative estimate of drug-likeness (QED) is 0.737. The summed E-state index contributed by atoms with van der Waals surface area (Å²) in [5, 5.41) is 0. The van der Waals surface area contributed by atoms with Crippen LogP contribution >= 0.6 is 0 Å². The van der Waals surface area contributed by atoms with Gasteiger partial charge in [0.2, 0.25) is 11.8 Å². The Morgan fingerprint density at radius 3 is 2.47 bits per heavy atom. The fourth-order valence-corrected chi connectivity index (χ4v) is 4.78. The smallest absolute Gasteiger partial charge is 0.227 e. The molecule has 2 aromatic rings. The summed E-state index contributed by atoms with van der Waals surface area (Å²) in [7, 11) is 0. The number of nitrogens with zero attached hydrogens (tertiary/aromatic N) is 3. The van der Waals surface area contributed by atoms with Gasteiger partial charge in [-0.15, -0.1) is 0 Å². The first-order chi connectivity index (χ1) is 14.7. The van der Waals surface area contributed by atoms with Crippen LogP contribution in [0, 0.1) is 5.92 Å². The molecule has 1 aromatic carbocycles.